The number of aliphatic carboxylic acids is 1. The highest BCUT2D eigenvalue weighted by Crippen LogP contribution is 2.26. The lowest BCUT2D eigenvalue weighted by atomic mass is 9.98. The van der Waals surface area contributed by atoms with Gasteiger partial charge in [-0.3, -0.25) is 14.4 Å². The maximum absolute atomic E-state index is 12.5. The summed E-state index contributed by atoms with van der Waals surface area (Å²) in [6.07, 6.45) is 1.25. The number of hydrogen-bond acceptors (Lipinski definition) is 5. The van der Waals surface area contributed by atoms with Gasteiger partial charge in [-0.15, -0.1) is 11.3 Å². The molecule has 0 aliphatic carbocycles. The fourth-order valence-corrected chi connectivity index (χ4v) is 3.57. The molecule has 1 saturated heterocycles. The molecule has 1 unspecified atom stereocenters. The number of likely N-dealkylation sites (N-methyl/N-ethyl adjacent to an activating group) is 1. The van der Waals surface area contributed by atoms with Crippen molar-refractivity contribution in [2.45, 2.75) is 39.0 Å². The molecule has 2 amide bonds. The standard InChI is InChI=1S/C17H25N3O4S/c1-17(2,3)16-18-12(10-25-16)14(22)19(4)9-13(21)20-7-5-6-11(8-20)15(23)24/h10-11H,5-9H2,1-4H3,(H,23,24). The molecule has 25 heavy (non-hydrogen) atoms. The molecule has 8 heteroatoms. The predicted octanol–water partition coefficient (Wildman–Crippen LogP) is 1.84. The molecule has 0 spiro atoms. The van der Waals surface area contributed by atoms with Crippen LogP contribution in [-0.4, -0.2) is 64.4 Å². The number of aromatic nitrogens is 1. The van der Waals surface area contributed by atoms with E-state index in [9.17, 15) is 14.4 Å². The van der Waals surface area contributed by atoms with Gasteiger partial charge in [0.05, 0.1) is 17.5 Å². The minimum atomic E-state index is -0.876. The van der Waals surface area contributed by atoms with Crippen LogP contribution < -0.4 is 0 Å². The molecule has 0 radical (unpaired) electrons. The number of amides is 2. The van der Waals surface area contributed by atoms with Gasteiger partial charge in [0, 0.05) is 30.9 Å². The second-order valence-electron chi connectivity index (χ2n) is 7.47. The van der Waals surface area contributed by atoms with Gasteiger partial charge in [-0.1, -0.05) is 20.8 Å². The number of likely N-dealkylation sites (tertiary alicyclic amines) is 1. The lowest BCUT2D eigenvalue weighted by molar-refractivity contribution is -0.145. The van der Waals surface area contributed by atoms with E-state index in [4.69, 9.17) is 5.11 Å². The highest BCUT2D eigenvalue weighted by Gasteiger charge is 2.29. The third-order valence-corrected chi connectivity index (χ3v) is 5.48. The van der Waals surface area contributed by atoms with Crippen molar-refractivity contribution in [2.24, 2.45) is 5.92 Å². The molecule has 1 aromatic heterocycles. The van der Waals surface area contributed by atoms with E-state index in [1.54, 1.807) is 12.4 Å². The van der Waals surface area contributed by atoms with Crippen LogP contribution in [0.4, 0.5) is 0 Å². The smallest absolute Gasteiger partial charge is 0.308 e. The van der Waals surface area contributed by atoms with Crippen molar-refractivity contribution in [3.8, 4) is 0 Å². The first-order valence-corrected chi connectivity index (χ1v) is 9.19. The molecule has 2 heterocycles. The van der Waals surface area contributed by atoms with Crippen molar-refractivity contribution in [3.63, 3.8) is 0 Å². The molecular weight excluding hydrogens is 342 g/mol. The fourth-order valence-electron chi connectivity index (χ4n) is 2.69. The Bertz CT molecular complexity index is 665. The predicted molar refractivity (Wildman–Crippen MR) is 94.7 cm³/mol. The molecule has 1 aliphatic heterocycles. The lowest BCUT2D eigenvalue weighted by Crippen LogP contribution is -2.47. The van der Waals surface area contributed by atoms with Gasteiger partial charge in [0.25, 0.3) is 5.91 Å². The van der Waals surface area contributed by atoms with Gasteiger partial charge in [-0.2, -0.15) is 0 Å². The van der Waals surface area contributed by atoms with Gasteiger partial charge < -0.3 is 14.9 Å². The number of rotatable bonds is 4. The summed E-state index contributed by atoms with van der Waals surface area (Å²) in [5.41, 5.74) is 0.212. The molecule has 2 rings (SSSR count). The van der Waals surface area contributed by atoms with Crippen LogP contribution >= 0.6 is 11.3 Å². The number of carbonyl (C=O) groups excluding carboxylic acids is 2. The number of piperidine rings is 1. The second kappa shape index (κ2) is 7.51. The fraction of sp³-hybridized carbons (Fsp3) is 0.647. The zero-order chi connectivity index (χ0) is 18.8. The maximum atomic E-state index is 12.5. The molecule has 1 fully saturated rings. The van der Waals surface area contributed by atoms with Gasteiger partial charge in [0.15, 0.2) is 0 Å². The summed E-state index contributed by atoms with van der Waals surface area (Å²) in [5.74, 6) is -1.93. The summed E-state index contributed by atoms with van der Waals surface area (Å²) in [5, 5.41) is 11.7. The first-order valence-electron chi connectivity index (χ1n) is 8.31. The third-order valence-electron chi connectivity index (χ3n) is 4.21. The summed E-state index contributed by atoms with van der Waals surface area (Å²) in [7, 11) is 1.56. The van der Waals surface area contributed by atoms with Gasteiger partial charge in [-0.25, -0.2) is 4.98 Å². The van der Waals surface area contributed by atoms with Gasteiger partial charge in [0.1, 0.15) is 5.69 Å². The molecule has 138 valence electrons. The van der Waals surface area contributed by atoms with E-state index >= 15 is 0 Å². The number of carboxylic acid groups (broad SMARTS) is 1. The minimum absolute atomic E-state index is 0.0758. The maximum Gasteiger partial charge on any atom is 0.308 e. The van der Waals surface area contributed by atoms with E-state index in [2.05, 4.69) is 4.98 Å². The van der Waals surface area contributed by atoms with Crippen LogP contribution in [-0.2, 0) is 15.0 Å². The first kappa shape index (κ1) is 19.4. The monoisotopic (exact) mass is 367 g/mol. The molecule has 1 aliphatic rings. The van der Waals surface area contributed by atoms with Crippen molar-refractivity contribution >= 4 is 29.1 Å². The Kier molecular flexibility index (Phi) is 5.82. The zero-order valence-electron chi connectivity index (χ0n) is 15.1. The Morgan fingerprint density at radius 3 is 2.64 bits per heavy atom. The summed E-state index contributed by atoms with van der Waals surface area (Å²) < 4.78 is 0. The van der Waals surface area contributed by atoms with E-state index in [-0.39, 0.29) is 30.3 Å². The molecule has 0 aromatic carbocycles. The van der Waals surface area contributed by atoms with Gasteiger partial charge in [-0.05, 0) is 12.8 Å². The number of hydrogen-bond donors (Lipinski definition) is 1. The average Bonchev–Trinajstić information content (AvgIpc) is 3.04. The first-order chi connectivity index (χ1) is 11.6. The molecule has 1 N–H and O–H groups in total. The quantitative estimate of drug-likeness (QED) is 0.877. The van der Waals surface area contributed by atoms with Crippen LogP contribution in [0.15, 0.2) is 5.38 Å². The normalized spacial score (nSPS) is 18.1. The summed E-state index contributed by atoms with van der Waals surface area (Å²) in [6, 6.07) is 0. The SMILES string of the molecule is CN(CC(=O)N1CCCC(C(=O)O)C1)C(=O)c1csc(C(C)(C)C)n1. The van der Waals surface area contributed by atoms with Crippen molar-refractivity contribution in [1.82, 2.24) is 14.8 Å². The van der Waals surface area contributed by atoms with Crippen LogP contribution in [0.25, 0.3) is 0 Å². The Morgan fingerprint density at radius 2 is 2.08 bits per heavy atom. The molecule has 7 nitrogen and oxygen atoms in total. The van der Waals surface area contributed by atoms with Crippen LogP contribution in [0.5, 0.6) is 0 Å². The molecule has 0 bridgehead atoms. The zero-order valence-corrected chi connectivity index (χ0v) is 15.9. The Labute approximate surface area is 151 Å². The van der Waals surface area contributed by atoms with E-state index in [0.29, 0.717) is 25.1 Å². The van der Waals surface area contributed by atoms with Gasteiger partial charge in [0.2, 0.25) is 5.91 Å². The third kappa shape index (κ3) is 4.78. The van der Waals surface area contributed by atoms with Crippen LogP contribution in [0.2, 0.25) is 0 Å². The van der Waals surface area contributed by atoms with Crippen molar-refractivity contribution in [2.75, 3.05) is 26.7 Å². The highest BCUT2D eigenvalue weighted by molar-refractivity contribution is 7.10. The van der Waals surface area contributed by atoms with Crippen molar-refractivity contribution < 1.29 is 19.5 Å². The van der Waals surface area contributed by atoms with Crippen molar-refractivity contribution in [3.05, 3.63) is 16.1 Å². The van der Waals surface area contributed by atoms with E-state index < -0.39 is 11.9 Å². The lowest BCUT2D eigenvalue weighted by Gasteiger charge is -2.31. The highest BCUT2D eigenvalue weighted by atomic mass is 32.1. The molecule has 0 saturated carbocycles. The molecular formula is C17H25N3O4S. The second-order valence-corrected chi connectivity index (χ2v) is 8.32. The number of carbonyl (C=O) groups is 3. The van der Waals surface area contributed by atoms with Gasteiger partial charge >= 0.3 is 5.97 Å². The molecule has 1 aromatic rings. The topological polar surface area (TPSA) is 90.8 Å². The number of thiazole rings is 1. The van der Waals surface area contributed by atoms with E-state index in [1.807, 2.05) is 20.8 Å². The van der Waals surface area contributed by atoms with Crippen molar-refractivity contribution in [1.29, 1.82) is 0 Å². The summed E-state index contributed by atoms with van der Waals surface area (Å²) in [6.45, 7) is 6.76. The Morgan fingerprint density at radius 1 is 1.40 bits per heavy atom. The largest absolute Gasteiger partial charge is 0.481 e. The van der Waals surface area contributed by atoms with Crippen LogP contribution in [0, 0.1) is 5.92 Å². The Balaban J connectivity index is 1.97. The average molecular weight is 367 g/mol. The Hall–Kier alpha value is -1.96. The number of nitrogens with zero attached hydrogens (tertiary/aromatic N) is 3. The van der Waals surface area contributed by atoms with E-state index in [1.165, 1.54) is 21.1 Å². The van der Waals surface area contributed by atoms with E-state index in [0.717, 1.165) is 5.01 Å². The summed E-state index contributed by atoms with van der Waals surface area (Å²) in [4.78, 5) is 43.2. The number of carboxylic acids is 1. The minimum Gasteiger partial charge on any atom is -0.481 e. The molecule has 1 atom stereocenters. The van der Waals surface area contributed by atoms with Crippen LogP contribution in [0.3, 0.4) is 0 Å². The van der Waals surface area contributed by atoms with Crippen LogP contribution in [0.1, 0.15) is 49.1 Å². The summed E-state index contributed by atoms with van der Waals surface area (Å²) >= 11 is 1.43.